The van der Waals surface area contributed by atoms with Gasteiger partial charge < -0.3 is 10.2 Å². The summed E-state index contributed by atoms with van der Waals surface area (Å²) in [6.45, 7) is 1.52. The first-order chi connectivity index (χ1) is 10.2. The van der Waals surface area contributed by atoms with Gasteiger partial charge in [-0.25, -0.2) is 0 Å². The molecular formula is C17H26N2O2. The third-order valence-corrected chi connectivity index (χ3v) is 6.08. The van der Waals surface area contributed by atoms with Crippen LogP contribution in [0.1, 0.15) is 51.4 Å². The normalized spacial score (nSPS) is 38.6. The average molecular weight is 290 g/mol. The summed E-state index contributed by atoms with van der Waals surface area (Å²) in [4.78, 5) is 27.0. The largest absolute Gasteiger partial charge is 0.353 e. The summed E-state index contributed by atoms with van der Waals surface area (Å²) in [5, 5.41) is 3.10. The second-order valence-electron chi connectivity index (χ2n) is 7.69. The summed E-state index contributed by atoms with van der Waals surface area (Å²) in [5.41, 5.74) is 0. The Morgan fingerprint density at radius 3 is 2.52 bits per heavy atom. The number of nitrogens with zero attached hydrogens (tertiary/aromatic N) is 1. The van der Waals surface area contributed by atoms with Gasteiger partial charge in [0.25, 0.3) is 0 Å². The van der Waals surface area contributed by atoms with E-state index < -0.39 is 0 Å². The predicted molar refractivity (Wildman–Crippen MR) is 79.4 cm³/mol. The number of carbonyl (C=O) groups is 2. The summed E-state index contributed by atoms with van der Waals surface area (Å²) in [6, 6.07) is 0.425. The Morgan fingerprint density at radius 1 is 1.00 bits per heavy atom. The van der Waals surface area contributed by atoms with Crippen LogP contribution in [0.15, 0.2) is 0 Å². The van der Waals surface area contributed by atoms with Crippen molar-refractivity contribution in [2.45, 2.75) is 57.4 Å². The van der Waals surface area contributed by atoms with Gasteiger partial charge >= 0.3 is 0 Å². The highest BCUT2D eigenvalue weighted by atomic mass is 16.2. The molecule has 2 bridgehead atoms. The number of carbonyl (C=O) groups excluding carboxylic acids is 2. The summed E-state index contributed by atoms with van der Waals surface area (Å²) in [7, 11) is 0. The highest BCUT2D eigenvalue weighted by Crippen LogP contribution is 2.49. The second-order valence-corrected chi connectivity index (χ2v) is 7.69. The minimum absolute atomic E-state index is 0.0295. The highest BCUT2D eigenvalue weighted by Gasteiger charge is 2.45. The molecule has 0 aromatic carbocycles. The van der Waals surface area contributed by atoms with Gasteiger partial charge in [0, 0.05) is 25.0 Å². The van der Waals surface area contributed by atoms with E-state index in [0.717, 1.165) is 44.6 Å². The zero-order valence-electron chi connectivity index (χ0n) is 12.7. The van der Waals surface area contributed by atoms with Crippen LogP contribution in [0.3, 0.4) is 0 Å². The van der Waals surface area contributed by atoms with Crippen LogP contribution in [0.2, 0.25) is 0 Å². The van der Waals surface area contributed by atoms with E-state index in [0.29, 0.717) is 24.4 Å². The van der Waals surface area contributed by atoms with E-state index in [-0.39, 0.29) is 17.7 Å². The molecule has 3 saturated carbocycles. The molecule has 1 aliphatic heterocycles. The van der Waals surface area contributed by atoms with E-state index in [1.54, 1.807) is 0 Å². The standard InChI is InChI=1S/C17H26N2O2/c20-16(18-14-5-6-14)13-2-1-7-19(10-13)17(21)15-9-11-3-4-12(15)8-11/h11-15H,1-10H2,(H,18,20)/t11-,12-,13+,15+/m0/s1. The molecule has 116 valence electrons. The van der Waals surface area contributed by atoms with E-state index in [1.807, 2.05) is 4.90 Å². The maximum atomic E-state index is 12.8. The molecule has 4 heteroatoms. The van der Waals surface area contributed by atoms with Crippen molar-refractivity contribution in [1.29, 1.82) is 0 Å². The molecule has 0 unspecified atom stereocenters. The lowest BCUT2D eigenvalue weighted by molar-refractivity contribution is -0.140. The number of fused-ring (bicyclic) bond motifs is 2. The molecule has 4 atom stereocenters. The monoisotopic (exact) mass is 290 g/mol. The van der Waals surface area contributed by atoms with Gasteiger partial charge in [-0.05, 0) is 56.8 Å². The van der Waals surface area contributed by atoms with Crippen molar-refractivity contribution in [2.75, 3.05) is 13.1 Å². The van der Waals surface area contributed by atoms with Crippen molar-refractivity contribution in [2.24, 2.45) is 23.7 Å². The van der Waals surface area contributed by atoms with Crippen LogP contribution in [0, 0.1) is 23.7 Å². The van der Waals surface area contributed by atoms with Gasteiger partial charge in [0.15, 0.2) is 0 Å². The fraction of sp³-hybridized carbons (Fsp3) is 0.882. The van der Waals surface area contributed by atoms with Crippen LogP contribution in [0.25, 0.3) is 0 Å². The van der Waals surface area contributed by atoms with Gasteiger partial charge in [-0.2, -0.15) is 0 Å². The number of likely N-dealkylation sites (tertiary alicyclic amines) is 1. The van der Waals surface area contributed by atoms with E-state index >= 15 is 0 Å². The number of amides is 2. The summed E-state index contributed by atoms with van der Waals surface area (Å²) < 4.78 is 0. The average Bonchev–Trinajstić information content (AvgIpc) is 3.07. The van der Waals surface area contributed by atoms with Crippen LogP contribution in [-0.4, -0.2) is 35.8 Å². The Kier molecular flexibility index (Phi) is 3.43. The topological polar surface area (TPSA) is 49.4 Å². The highest BCUT2D eigenvalue weighted by molar-refractivity contribution is 5.83. The molecule has 0 aromatic heterocycles. The first-order valence-electron chi connectivity index (χ1n) is 8.80. The van der Waals surface area contributed by atoms with Gasteiger partial charge in [-0.15, -0.1) is 0 Å². The SMILES string of the molecule is O=C(NC1CC1)[C@@H]1CCCN(C(=O)[C@@H]2C[C@H]3CC[C@H]2C3)C1. The van der Waals surface area contributed by atoms with Crippen molar-refractivity contribution < 1.29 is 9.59 Å². The Balaban J connectivity index is 1.36. The fourth-order valence-corrected chi connectivity index (χ4v) is 4.72. The second kappa shape index (κ2) is 5.29. The quantitative estimate of drug-likeness (QED) is 0.863. The van der Waals surface area contributed by atoms with Gasteiger partial charge in [-0.3, -0.25) is 9.59 Å². The molecule has 4 rings (SSSR count). The number of hydrogen-bond acceptors (Lipinski definition) is 2. The van der Waals surface area contributed by atoms with Crippen LogP contribution in [0.5, 0.6) is 0 Å². The molecule has 4 aliphatic rings. The maximum Gasteiger partial charge on any atom is 0.225 e. The van der Waals surface area contributed by atoms with Gasteiger partial charge in [0.05, 0.1) is 5.92 Å². The van der Waals surface area contributed by atoms with Crippen LogP contribution >= 0.6 is 0 Å². The zero-order valence-corrected chi connectivity index (χ0v) is 12.7. The predicted octanol–water partition coefficient (Wildman–Crippen LogP) is 1.94. The number of hydrogen-bond donors (Lipinski definition) is 1. The first-order valence-corrected chi connectivity index (χ1v) is 8.80. The van der Waals surface area contributed by atoms with E-state index in [1.165, 1.54) is 19.3 Å². The summed E-state index contributed by atoms with van der Waals surface area (Å²) in [5.74, 6) is 2.29. The first kappa shape index (κ1) is 13.6. The van der Waals surface area contributed by atoms with Crippen LogP contribution < -0.4 is 5.32 Å². The molecule has 21 heavy (non-hydrogen) atoms. The number of nitrogens with one attached hydrogen (secondary N) is 1. The molecule has 0 radical (unpaired) electrons. The van der Waals surface area contributed by atoms with E-state index in [2.05, 4.69) is 5.32 Å². The van der Waals surface area contributed by atoms with Crippen molar-refractivity contribution in [3.63, 3.8) is 0 Å². The lowest BCUT2D eigenvalue weighted by atomic mass is 9.86. The zero-order chi connectivity index (χ0) is 14.4. The lowest BCUT2D eigenvalue weighted by Gasteiger charge is -2.35. The van der Waals surface area contributed by atoms with Crippen LogP contribution in [-0.2, 0) is 9.59 Å². The number of rotatable bonds is 3. The Bertz CT molecular complexity index is 446. The molecule has 4 fully saturated rings. The third kappa shape index (κ3) is 2.69. The fourth-order valence-electron chi connectivity index (χ4n) is 4.72. The smallest absolute Gasteiger partial charge is 0.225 e. The molecule has 0 spiro atoms. The van der Waals surface area contributed by atoms with Gasteiger partial charge in [-0.1, -0.05) is 6.42 Å². The summed E-state index contributed by atoms with van der Waals surface area (Å²) in [6.07, 6.45) is 9.16. The Hall–Kier alpha value is -1.06. The minimum atomic E-state index is 0.0295. The molecule has 1 N–H and O–H groups in total. The molecular weight excluding hydrogens is 264 g/mol. The molecule has 2 amide bonds. The lowest BCUT2D eigenvalue weighted by Crippen LogP contribution is -2.48. The molecule has 4 nitrogen and oxygen atoms in total. The minimum Gasteiger partial charge on any atom is -0.353 e. The van der Waals surface area contributed by atoms with E-state index in [4.69, 9.17) is 0 Å². The maximum absolute atomic E-state index is 12.8. The van der Waals surface area contributed by atoms with Crippen LogP contribution in [0.4, 0.5) is 0 Å². The molecule has 0 aromatic rings. The van der Waals surface area contributed by atoms with Crippen molar-refractivity contribution in [3.8, 4) is 0 Å². The number of piperidine rings is 1. The Morgan fingerprint density at radius 2 is 1.86 bits per heavy atom. The molecule has 3 aliphatic carbocycles. The summed E-state index contributed by atoms with van der Waals surface area (Å²) >= 11 is 0. The van der Waals surface area contributed by atoms with E-state index in [9.17, 15) is 9.59 Å². The third-order valence-electron chi connectivity index (χ3n) is 6.08. The van der Waals surface area contributed by atoms with Crippen molar-refractivity contribution in [1.82, 2.24) is 10.2 Å². The van der Waals surface area contributed by atoms with Crippen molar-refractivity contribution in [3.05, 3.63) is 0 Å². The molecule has 1 saturated heterocycles. The van der Waals surface area contributed by atoms with Gasteiger partial charge in [0.1, 0.15) is 0 Å². The Labute approximate surface area is 126 Å². The molecule has 1 heterocycles. The van der Waals surface area contributed by atoms with Crippen molar-refractivity contribution >= 4 is 11.8 Å². The van der Waals surface area contributed by atoms with Gasteiger partial charge in [0.2, 0.25) is 11.8 Å².